The van der Waals surface area contributed by atoms with Crippen LogP contribution in [0.15, 0.2) is 36.4 Å². The number of benzene rings is 2. The maximum Gasteiger partial charge on any atom is 0.246 e. The average Bonchev–Trinajstić information content (AvgIpc) is 3.95. The SMILES string of the molecule is CCCC(NC)C(=O)N1CC(F)CC1Cc1c(-c2nc3cc(F)ccc3n2CC2CC(F)CN2C(=O)C(NC(=O)CNC)C(C)(C)C)[nH]c2cc(F)ccc12.CNCC=O. The molecule has 0 saturated carbocycles. The van der Waals surface area contributed by atoms with Gasteiger partial charge < -0.3 is 45.4 Å². The number of aromatic nitrogens is 3. The summed E-state index contributed by atoms with van der Waals surface area (Å²) in [4.78, 5) is 61.2. The van der Waals surface area contributed by atoms with Crippen molar-refractivity contribution in [1.29, 1.82) is 0 Å². The summed E-state index contributed by atoms with van der Waals surface area (Å²) in [5, 5.41) is 12.0. The number of amides is 3. The zero-order valence-corrected chi connectivity index (χ0v) is 35.5. The van der Waals surface area contributed by atoms with Gasteiger partial charge in [0.1, 0.15) is 36.3 Å². The molecule has 6 rings (SSSR count). The highest BCUT2D eigenvalue weighted by Gasteiger charge is 2.43. The Labute approximate surface area is 348 Å². The lowest BCUT2D eigenvalue weighted by Gasteiger charge is -2.36. The minimum atomic E-state index is -1.33. The lowest BCUT2D eigenvalue weighted by Crippen LogP contribution is -2.57. The third kappa shape index (κ3) is 10.5. The van der Waals surface area contributed by atoms with Crippen LogP contribution in [0.25, 0.3) is 33.5 Å². The molecule has 2 aliphatic rings. The van der Waals surface area contributed by atoms with E-state index in [9.17, 15) is 28.0 Å². The molecule has 6 atom stereocenters. The molecule has 2 aromatic carbocycles. The number of aromatic amines is 1. The Kier molecular flexibility index (Phi) is 15.5. The van der Waals surface area contributed by atoms with E-state index in [1.807, 2.05) is 32.3 Å². The Hall–Kier alpha value is -4.87. The second-order valence-corrected chi connectivity index (χ2v) is 16.8. The lowest BCUT2D eigenvalue weighted by atomic mass is 9.85. The van der Waals surface area contributed by atoms with Crippen LogP contribution < -0.4 is 21.3 Å². The number of rotatable bonds is 15. The molecular weight excluding hydrogens is 783 g/mol. The minimum absolute atomic E-state index is 0.000278. The number of nitrogens with zero attached hydrogens (tertiary/aromatic N) is 4. The summed E-state index contributed by atoms with van der Waals surface area (Å²) in [6.07, 6.45) is -0.0524. The zero-order chi connectivity index (χ0) is 43.9. The van der Waals surface area contributed by atoms with E-state index in [0.717, 1.165) is 12.7 Å². The number of hydrogen-bond acceptors (Lipinski definition) is 8. The molecule has 4 aromatic rings. The first-order valence-corrected chi connectivity index (χ1v) is 20.6. The molecule has 2 aromatic heterocycles. The van der Waals surface area contributed by atoms with Gasteiger partial charge in [0.2, 0.25) is 17.7 Å². The number of likely N-dealkylation sites (N-methyl/N-ethyl adjacent to an activating group) is 3. The van der Waals surface area contributed by atoms with Crippen LogP contribution in [-0.2, 0) is 32.1 Å². The third-order valence-corrected chi connectivity index (χ3v) is 11.2. The molecule has 0 aliphatic carbocycles. The summed E-state index contributed by atoms with van der Waals surface area (Å²) in [7, 11) is 5.07. The molecule has 13 nitrogen and oxygen atoms in total. The number of halogens is 4. The van der Waals surface area contributed by atoms with E-state index in [1.165, 1.54) is 29.2 Å². The number of alkyl halides is 2. The summed E-state index contributed by atoms with van der Waals surface area (Å²) in [5.74, 6) is -1.64. The number of carbonyl (C=O) groups excluding carboxylic acids is 4. The highest BCUT2D eigenvalue weighted by Crippen LogP contribution is 2.37. The summed E-state index contributed by atoms with van der Waals surface area (Å²) >= 11 is 0. The first kappa shape index (κ1) is 46.2. The van der Waals surface area contributed by atoms with Crippen molar-refractivity contribution in [1.82, 2.24) is 45.6 Å². The highest BCUT2D eigenvalue weighted by atomic mass is 19.1. The van der Waals surface area contributed by atoms with Crippen molar-refractivity contribution in [3.05, 3.63) is 53.6 Å². The van der Waals surface area contributed by atoms with Gasteiger partial charge in [0.05, 0.1) is 55.0 Å². The molecule has 0 radical (unpaired) electrons. The van der Waals surface area contributed by atoms with Crippen molar-refractivity contribution in [3.8, 4) is 11.5 Å². The van der Waals surface area contributed by atoms with Gasteiger partial charge in [-0.05, 0) is 75.3 Å². The van der Waals surface area contributed by atoms with Crippen molar-refractivity contribution < 1.29 is 36.7 Å². The Morgan fingerprint density at radius 1 is 0.933 bits per heavy atom. The second kappa shape index (κ2) is 20.1. The van der Waals surface area contributed by atoms with Gasteiger partial charge in [0, 0.05) is 42.4 Å². The van der Waals surface area contributed by atoms with Gasteiger partial charge in [-0.3, -0.25) is 14.4 Å². The molecule has 17 heteroatoms. The predicted octanol–water partition coefficient (Wildman–Crippen LogP) is 4.43. The third-order valence-electron chi connectivity index (χ3n) is 11.2. The molecule has 328 valence electrons. The largest absolute Gasteiger partial charge is 0.352 e. The van der Waals surface area contributed by atoms with Gasteiger partial charge in [-0.15, -0.1) is 0 Å². The van der Waals surface area contributed by atoms with Crippen LogP contribution in [0.3, 0.4) is 0 Å². The van der Waals surface area contributed by atoms with E-state index in [0.29, 0.717) is 52.0 Å². The van der Waals surface area contributed by atoms with Gasteiger partial charge in [-0.1, -0.05) is 34.1 Å². The number of nitrogens with one attached hydrogen (secondary N) is 5. The summed E-state index contributed by atoms with van der Waals surface area (Å²) in [6.45, 7) is 7.77. The van der Waals surface area contributed by atoms with E-state index < -0.39 is 59.5 Å². The Bertz CT molecular complexity index is 2140. The van der Waals surface area contributed by atoms with Crippen molar-refractivity contribution in [3.63, 3.8) is 0 Å². The molecule has 0 spiro atoms. The minimum Gasteiger partial charge on any atom is -0.352 e. The number of likely N-dealkylation sites (tertiary alicyclic amines) is 2. The normalized spacial score (nSPS) is 20.3. The van der Waals surface area contributed by atoms with Crippen LogP contribution in [0.5, 0.6) is 0 Å². The molecule has 2 aliphatic heterocycles. The first-order chi connectivity index (χ1) is 28.5. The fourth-order valence-electron chi connectivity index (χ4n) is 8.33. The molecular formula is C43H59F4N9O4. The van der Waals surface area contributed by atoms with Crippen molar-refractivity contribution in [2.45, 2.75) is 103 Å². The summed E-state index contributed by atoms with van der Waals surface area (Å²) in [6, 6.07) is 5.87. The topological polar surface area (TPSA) is 156 Å². The smallest absolute Gasteiger partial charge is 0.246 e. The van der Waals surface area contributed by atoms with Gasteiger partial charge in [0.25, 0.3) is 0 Å². The molecule has 5 N–H and O–H groups in total. The van der Waals surface area contributed by atoms with Crippen molar-refractivity contribution in [2.24, 2.45) is 5.41 Å². The number of carbonyl (C=O) groups is 4. The number of H-pyrrole nitrogens is 1. The number of fused-ring (bicyclic) bond motifs is 2. The second-order valence-electron chi connectivity index (χ2n) is 16.8. The van der Waals surface area contributed by atoms with Crippen molar-refractivity contribution >= 4 is 45.9 Å². The Morgan fingerprint density at radius 3 is 2.18 bits per heavy atom. The van der Waals surface area contributed by atoms with Crippen LogP contribution in [0.2, 0.25) is 0 Å². The lowest BCUT2D eigenvalue weighted by molar-refractivity contribution is -0.140. The van der Waals surface area contributed by atoms with Crippen LogP contribution in [0.1, 0.15) is 58.9 Å². The van der Waals surface area contributed by atoms with Crippen LogP contribution in [0, 0.1) is 17.0 Å². The fraction of sp³-hybridized carbons (Fsp3) is 0.558. The van der Waals surface area contributed by atoms with Crippen molar-refractivity contribution in [2.75, 3.05) is 47.3 Å². The summed E-state index contributed by atoms with van der Waals surface area (Å²) < 4.78 is 61.8. The number of aldehydes is 1. The van der Waals surface area contributed by atoms with E-state index >= 15 is 8.78 Å². The fourth-order valence-corrected chi connectivity index (χ4v) is 8.33. The maximum absolute atomic E-state index is 15.4. The first-order valence-electron chi connectivity index (χ1n) is 20.6. The molecule has 4 heterocycles. The maximum atomic E-state index is 15.4. The van der Waals surface area contributed by atoms with Gasteiger partial charge in [-0.2, -0.15) is 0 Å². The average molecular weight is 842 g/mol. The van der Waals surface area contributed by atoms with Crippen LogP contribution in [0.4, 0.5) is 17.6 Å². The molecule has 0 bridgehead atoms. The molecule has 6 unspecified atom stereocenters. The monoisotopic (exact) mass is 841 g/mol. The van der Waals surface area contributed by atoms with Crippen LogP contribution in [-0.4, -0.2) is 132 Å². The molecule has 2 fully saturated rings. The number of hydrogen-bond donors (Lipinski definition) is 5. The molecule has 2 saturated heterocycles. The summed E-state index contributed by atoms with van der Waals surface area (Å²) in [5.41, 5.74) is 1.72. The quantitative estimate of drug-likeness (QED) is 0.0871. The predicted molar refractivity (Wildman–Crippen MR) is 224 cm³/mol. The van der Waals surface area contributed by atoms with E-state index in [1.54, 1.807) is 38.2 Å². The van der Waals surface area contributed by atoms with Gasteiger partial charge in [-0.25, -0.2) is 22.5 Å². The molecule has 60 heavy (non-hydrogen) atoms. The highest BCUT2D eigenvalue weighted by molar-refractivity contribution is 5.92. The number of imidazole rings is 1. The zero-order valence-electron chi connectivity index (χ0n) is 35.5. The standard InChI is InChI=1S/C40H52F4N8O3.C3H7NO/c1-7-8-30(46-6)38(54)50-19-24(43)13-26(50)17-29-28-11-9-22(41)15-31(28)47-35(29)37-48-32-16-23(42)10-12-33(32)52(37)21-27-14-25(44)20-51(27)39(55)36(40(2,3)4)49-34(53)18-45-5;1-4-2-3-5/h9-12,15-16,24-27,30,36,45-47H,7-8,13-14,17-21H2,1-6H3,(H,49,53);3-4H,2H2,1H3. The molecule has 3 amide bonds. The van der Waals surface area contributed by atoms with E-state index in [4.69, 9.17) is 4.98 Å². The Morgan fingerprint density at radius 2 is 1.58 bits per heavy atom. The van der Waals surface area contributed by atoms with Gasteiger partial charge in [0.15, 0.2) is 5.82 Å². The van der Waals surface area contributed by atoms with E-state index in [2.05, 4.69) is 26.3 Å². The Balaban J connectivity index is 0.00000129. The van der Waals surface area contributed by atoms with Gasteiger partial charge >= 0.3 is 0 Å². The van der Waals surface area contributed by atoms with E-state index in [-0.39, 0.29) is 57.3 Å². The van der Waals surface area contributed by atoms with Crippen LogP contribution >= 0.6 is 0 Å².